The van der Waals surface area contributed by atoms with Crippen LogP contribution in [0.4, 0.5) is 0 Å². The summed E-state index contributed by atoms with van der Waals surface area (Å²) in [4.78, 5) is 8.32. The Morgan fingerprint density at radius 1 is 0.957 bits per heavy atom. The van der Waals surface area contributed by atoms with Gasteiger partial charge in [0.15, 0.2) is 0 Å². The van der Waals surface area contributed by atoms with Crippen LogP contribution in [0.1, 0.15) is 30.7 Å². The lowest BCUT2D eigenvalue weighted by Crippen LogP contribution is -1.92. The van der Waals surface area contributed by atoms with Gasteiger partial charge in [-0.3, -0.25) is 0 Å². The molecule has 3 rings (SSSR count). The van der Waals surface area contributed by atoms with Crippen LogP contribution in [0.15, 0.2) is 48.5 Å². The number of aryl methyl sites for hydroxylation is 3. The molecule has 0 fully saturated rings. The van der Waals surface area contributed by atoms with Crippen LogP contribution in [0.25, 0.3) is 22.6 Å². The van der Waals surface area contributed by atoms with Gasteiger partial charge >= 0.3 is 0 Å². The van der Waals surface area contributed by atoms with Crippen molar-refractivity contribution in [1.29, 1.82) is 0 Å². The summed E-state index contributed by atoms with van der Waals surface area (Å²) in [5.74, 6) is 0.968. The van der Waals surface area contributed by atoms with Crippen LogP contribution >= 0.6 is 12.4 Å². The predicted octanol–water partition coefficient (Wildman–Crippen LogP) is 5.60. The van der Waals surface area contributed by atoms with Gasteiger partial charge in [0.1, 0.15) is 5.82 Å². The number of imidazole rings is 1. The van der Waals surface area contributed by atoms with E-state index in [1.807, 2.05) is 6.07 Å². The molecule has 0 aliphatic heterocycles. The average Bonchev–Trinajstić information content (AvgIpc) is 2.96. The molecule has 3 aromatic rings. The van der Waals surface area contributed by atoms with Gasteiger partial charge in [-0.2, -0.15) is 0 Å². The molecule has 0 amide bonds. The summed E-state index contributed by atoms with van der Waals surface area (Å²) in [6.45, 7) is 6.48. The molecule has 0 spiro atoms. The first-order chi connectivity index (χ1) is 10.7. The molecule has 0 aliphatic carbocycles. The molecule has 23 heavy (non-hydrogen) atoms. The molecule has 0 aliphatic rings. The normalized spacial score (nSPS) is 10.4. The lowest BCUT2D eigenvalue weighted by Gasteiger charge is -2.07. The van der Waals surface area contributed by atoms with Crippen molar-refractivity contribution < 1.29 is 0 Å². The van der Waals surface area contributed by atoms with Crippen molar-refractivity contribution in [2.45, 2.75) is 33.6 Å². The zero-order valence-corrected chi connectivity index (χ0v) is 14.7. The Hall–Kier alpha value is -2.06. The van der Waals surface area contributed by atoms with E-state index in [2.05, 4.69) is 68.2 Å². The van der Waals surface area contributed by atoms with Gasteiger partial charge in [-0.1, -0.05) is 62.4 Å². The van der Waals surface area contributed by atoms with Crippen LogP contribution in [0.2, 0.25) is 0 Å². The van der Waals surface area contributed by atoms with Crippen molar-refractivity contribution in [1.82, 2.24) is 9.97 Å². The van der Waals surface area contributed by atoms with Crippen LogP contribution in [-0.4, -0.2) is 9.97 Å². The summed E-state index contributed by atoms with van der Waals surface area (Å²) in [6, 6.07) is 17.1. The topological polar surface area (TPSA) is 28.7 Å². The van der Waals surface area contributed by atoms with Crippen LogP contribution in [0.3, 0.4) is 0 Å². The number of H-pyrrole nitrogens is 1. The number of benzene rings is 2. The number of nitrogens with one attached hydrogen (secondary N) is 1. The Bertz CT molecular complexity index is 776. The number of rotatable bonds is 4. The molecule has 0 atom stereocenters. The highest BCUT2D eigenvalue weighted by molar-refractivity contribution is 5.85. The zero-order chi connectivity index (χ0) is 15.5. The van der Waals surface area contributed by atoms with Gasteiger partial charge in [-0.25, -0.2) is 4.98 Å². The Kier molecular flexibility index (Phi) is 5.62. The fourth-order valence-electron chi connectivity index (χ4n) is 2.86. The molecule has 1 aromatic heterocycles. The summed E-state index contributed by atoms with van der Waals surface area (Å²) < 4.78 is 0. The minimum absolute atomic E-state index is 0. The van der Waals surface area contributed by atoms with Gasteiger partial charge in [0, 0.05) is 16.8 Å². The van der Waals surface area contributed by atoms with E-state index in [9.17, 15) is 0 Å². The Morgan fingerprint density at radius 3 is 2.35 bits per heavy atom. The zero-order valence-electron chi connectivity index (χ0n) is 13.9. The molecule has 2 aromatic carbocycles. The molecular weight excluding hydrogens is 304 g/mol. The fraction of sp³-hybridized carbons (Fsp3) is 0.250. The maximum Gasteiger partial charge on any atom is 0.138 e. The maximum atomic E-state index is 4.86. The first-order valence-electron chi connectivity index (χ1n) is 7.97. The Balaban J connectivity index is 0.00000192. The number of hydrogen-bond acceptors (Lipinski definition) is 1. The lowest BCUT2D eigenvalue weighted by molar-refractivity contribution is 1.08. The number of hydrogen-bond donors (Lipinski definition) is 1. The molecule has 3 heteroatoms. The molecule has 120 valence electrons. The Morgan fingerprint density at radius 2 is 1.70 bits per heavy atom. The minimum atomic E-state index is 0. The van der Waals surface area contributed by atoms with Crippen LogP contribution in [-0.2, 0) is 12.8 Å². The van der Waals surface area contributed by atoms with E-state index in [1.54, 1.807) is 0 Å². The van der Waals surface area contributed by atoms with Gasteiger partial charge in [0.2, 0.25) is 0 Å². The second-order valence-corrected chi connectivity index (χ2v) is 5.62. The first kappa shape index (κ1) is 17.3. The predicted molar refractivity (Wildman–Crippen MR) is 100 cm³/mol. The van der Waals surface area contributed by atoms with Crippen molar-refractivity contribution >= 4 is 12.4 Å². The van der Waals surface area contributed by atoms with Gasteiger partial charge in [-0.15, -0.1) is 12.4 Å². The number of aromatic amines is 1. The van der Waals surface area contributed by atoms with Gasteiger partial charge in [0.25, 0.3) is 0 Å². The number of halogens is 1. The third kappa shape index (κ3) is 3.48. The highest BCUT2D eigenvalue weighted by Crippen LogP contribution is 2.28. The average molecular weight is 327 g/mol. The van der Waals surface area contributed by atoms with Crippen molar-refractivity contribution in [2.24, 2.45) is 0 Å². The standard InChI is InChI=1S/C20H22N2.ClH/c1-4-15-11-12-18(16(5-2)13-15)20-21-14(3)19(22-20)17-9-7-6-8-10-17;/h6-13H,4-5H2,1-3H3,(H,21,22);1H. The summed E-state index contributed by atoms with van der Waals surface area (Å²) in [7, 11) is 0. The quantitative estimate of drug-likeness (QED) is 0.664. The number of aromatic nitrogens is 2. The van der Waals surface area contributed by atoms with E-state index in [0.29, 0.717) is 0 Å². The SMILES string of the molecule is CCc1ccc(-c2nc(-c3ccccc3)c(C)[nH]2)c(CC)c1.Cl. The van der Waals surface area contributed by atoms with E-state index in [0.717, 1.165) is 35.6 Å². The third-order valence-corrected chi connectivity index (χ3v) is 4.15. The van der Waals surface area contributed by atoms with Crippen molar-refractivity contribution in [3.05, 3.63) is 65.4 Å². The highest BCUT2D eigenvalue weighted by Gasteiger charge is 2.12. The van der Waals surface area contributed by atoms with E-state index in [-0.39, 0.29) is 12.4 Å². The van der Waals surface area contributed by atoms with Gasteiger partial charge < -0.3 is 4.98 Å². The molecule has 2 nitrogen and oxygen atoms in total. The molecule has 0 saturated heterocycles. The van der Waals surface area contributed by atoms with Gasteiger partial charge in [-0.05, 0) is 30.9 Å². The van der Waals surface area contributed by atoms with E-state index < -0.39 is 0 Å². The van der Waals surface area contributed by atoms with Crippen LogP contribution < -0.4 is 0 Å². The molecule has 0 bridgehead atoms. The fourth-order valence-corrected chi connectivity index (χ4v) is 2.86. The van der Waals surface area contributed by atoms with E-state index in [1.165, 1.54) is 16.7 Å². The molecule has 1 N–H and O–H groups in total. The third-order valence-electron chi connectivity index (χ3n) is 4.15. The summed E-state index contributed by atoms with van der Waals surface area (Å²) in [5.41, 5.74) is 7.26. The molecular formula is C20H23ClN2. The first-order valence-corrected chi connectivity index (χ1v) is 7.97. The second-order valence-electron chi connectivity index (χ2n) is 5.62. The minimum Gasteiger partial charge on any atom is -0.342 e. The maximum absolute atomic E-state index is 4.86. The van der Waals surface area contributed by atoms with Crippen LogP contribution in [0.5, 0.6) is 0 Å². The largest absolute Gasteiger partial charge is 0.342 e. The summed E-state index contributed by atoms with van der Waals surface area (Å²) >= 11 is 0. The number of nitrogens with zero attached hydrogens (tertiary/aromatic N) is 1. The highest BCUT2D eigenvalue weighted by atomic mass is 35.5. The monoisotopic (exact) mass is 326 g/mol. The smallest absolute Gasteiger partial charge is 0.138 e. The lowest BCUT2D eigenvalue weighted by atomic mass is 10.0. The Labute approximate surface area is 144 Å². The summed E-state index contributed by atoms with van der Waals surface area (Å²) in [5, 5.41) is 0. The molecule has 0 unspecified atom stereocenters. The van der Waals surface area contributed by atoms with E-state index in [4.69, 9.17) is 4.98 Å². The van der Waals surface area contributed by atoms with Crippen molar-refractivity contribution in [3.8, 4) is 22.6 Å². The van der Waals surface area contributed by atoms with Crippen LogP contribution in [0, 0.1) is 6.92 Å². The molecule has 0 saturated carbocycles. The molecule has 1 heterocycles. The van der Waals surface area contributed by atoms with Gasteiger partial charge in [0.05, 0.1) is 5.69 Å². The second kappa shape index (κ2) is 7.47. The summed E-state index contributed by atoms with van der Waals surface area (Å²) in [6.07, 6.45) is 2.09. The van der Waals surface area contributed by atoms with Crippen molar-refractivity contribution in [3.63, 3.8) is 0 Å². The van der Waals surface area contributed by atoms with E-state index >= 15 is 0 Å². The molecule has 0 radical (unpaired) electrons. The van der Waals surface area contributed by atoms with Crippen molar-refractivity contribution in [2.75, 3.05) is 0 Å².